The third kappa shape index (κ3) is 1.36. The Hall–Kier alpha value is -2.15. The van der Waals surface area contributed by atoms with Crippen molar-refractivity contribution >= 4 is 5.97 Å². The van der Waals surface area contributed by atoms with Crippen molar-refractivity contribution < 1.29 is 35.4 Å². The number of carboxylic acid groups (broad SMARTS) is 1. The highest BCUT2D eigenvalue weighted by Crippen LogP contribution is 2.42. The van der Waals surface area contributed by atoms with Crippen LogP contribution in [0.1, 0.15) is 10.4 Å². The van der Waals surface area contributed by atoms with Crippen molar-refractivity contribution in [3.8, 4) is 23.0 Å². The van der Waals surface area contributed by atoms with Gasteiger partial charge in [0.15, 0.2) is 11.5 Å². The Kier molecular flexibility index (Phi) is 2.34. The van der Waals surface area contributed by atoms with Crippen molar-refractivity contribution in [2.45, 2.75) is 0 Å². The van der Waals surface area contributed by atoms with Crippen molar-refractivity contribution in [3.63, 3.8) is 0 Å². The lowest BCUT2D eigenvalue weighted by Crippen LogP contribution is -1.99. The second kappa shape index (κ2) is 3.30. The normalized spacial score (nSPS) is 9.79. The van der Waals surface area contributed by atoms with Gasteiger partial charge in [-0.2, -0.15) is 0 Å². The molecule has 0 aliphatic heterocycles. The Morgan fingerprint density at radius 1 is 1.21 bits per heavy atom. The van der Waals surface area contributed by atoms with Gasteiger partial charge < -0.3 is 25.3 Å². The smallest absolute Gasteiger partial charge is 0.343 e. The van der Waals surface area contributed by atoms with Gasteiger partial charge in [0.1, 0.15) is 11.3 Å². The molecule has 0 fully saturated rings. The first-order valence-corrected chi connectivity index (χ1v) is 3.31. The van der Waals surface area contributed by atoms with Crippen LogP contribution in [0.4, 0.5) is 0 Å². The number of hydrogen-bond donors (Lipinski definition) is 5. The Morgan fingerprint density at radius 2 is 1.79 bits per heavy atom. The first-order valence-electron chi connectivity index (χ1n) is 3.31. The number of benzene rings is 1. The Morgan fingerprint density at radius 3 is 2.21 bits per heavy atom. The van der Waals surface area contributed by atoms with Crippen LogP contribution in [0.2, 0.25) is 0 Å². The summed E-state index contributed by atoms with van der Waals surface area (Å²) in [5.74, 6) is -5.14. The molecule has 0 saturated heterocycles. The maximum Gasteiger partial charge on any atom is 0.343 e. The van der Waals surface area contributed by atoms with E-state index in [4.69, 9.17) is 25.7 Å². The molecule has 0 aromatic heterocycles. The van der Waals surface area contributed by atoms with Crippen molar-refractivity contribution in [2.24, 2.45) is 0 Å². The van der Waals surface area contributed by atoms with E-state index in [1.807, 2.05) is 0 Å². The van der Waals surface area contributed by atoms with Gasteiger partial charge in [0.05, 0.1) is 0 Å². The topological polar surface area (TPSA) is 127 Å². The monoisotopic (exact) mass is 202 g/mol. The number of phenolic OH excluding ortho intramolecular Hbond substituents is 1. The van der Waals surface area contributed by atoms with E-state index in [-0.39, 0.29) is 0 Å². The highest BCUT2D eigenvalue weighted by Gasteiger charge is 2.23. The van der Waals surface area contributed by atoms with E-state index in [2.05, 4.69) is 4.89 Å². The third-order valence-corrected chi connectivity index (χ3v) is 1.52. The molecule has 14 heavy (non-hydrogen) atoms. The van der Waals surface area contributed by atoms with Gasteiger partial charge in [-0.15, -0.1) is 0 Å². The second-order valence-electron chi connectivity index (χ2n) is 2.36. The van der Waals surface area contributed by atoms with Crippen LogP contribution in [0.15, 0.2) is 6.07 Å². The first-order chi connectivity index (χ1) is 6.49. The zero-order valence-electron chi connectivity index (χ0n) is 6.63. The van der Waals surface area contributed by atoms with Gasteiger partial charge >= 0.3 is 5.97 Å². The van der Waals surface area contributed by atoms with Crippen LogP contribution >= 0.6 is 0 Å². The molecule has 76 valence electrons. The second-order valence-corrected chi connectivity index (χ2v) is 2.36. The largest absolute Gasteiger partial charge is 0.507 e. The van der Waals surface area contributed by atoms with E-state index in [9.17, 15) is 4.79 Å². The molecule has 7 heteroatoms. The molecule has 0 amide bonds. The molecule has 0 unspecified atom stereocenters. The summed E-state index contributed by atoms with van der Waals surface area (Å²) in [5, 5.41) is 43.9. The lowest BCUT2D eigenvalue weighted by atomic mass is 10.1. The number of aromatic hydroxyl groups is 3. The molecule has 0 atom stereocenters. The Bertz CT molecular complexity index is 384. The number of carboxylic acids is 1. The van der Waals surface area contributed by atoms with Crippen LogP contribution in [-0.2, 0) is 0 Å². The summed E-state index contributed by atoms with van der Waals surface area (Å²) in [6.45, 7) is 0. The van der Waals surface area contributed by atoms with E-state index in [1.165, 1.54) is 0 Å². The molecule has 0 radical (unpaired) electrons. The van der Waals surface area contributed by atoms with Crippen LogP contribution in [-0.4, -0.2) is 31.7 Å². The van der Waals surface area contributed by atoms with Gasteiger partial charge in [-0.05, 0) is 0 Å². The van der Waals surface area contributed by atoms with Crippen molar-refractivity contribution in [2.75, 3.05) is 0 Å². The fourth-order valence-electron chi connectivity index (χ4n) is 0.924. The van der Waals surface area contributed by atoms with Gasteiger partial charge in [-0.25, -0.2) is 10.1 Å². The molecule has 1 aromatic rings. The maximum absolute atomic E-state index is 10.5. The van der Waals surface area contributed by atoms with Gasteiger partial charge in [-0.1, -0.05) is 0 Å². The standard InChI is InChI=1S/C7H6O7/c8-2-1-3(9)6(14-13)5(10)4(2)7(11)12/h1,8-10,13H,(H,11,12). The number of aromatic carboxylic acids is 1. The summed E-state index contributed by atoms with van der Waals surface area (Å²) in [4.78, 5) is 14.0. The molecular weight excluding hydrogens is 196 g/mol. The number of phenols is 3. The summed E-state index contributed by atoms with van der Waals surface area (Å²) in [7, 11) is 0. The predicted octanol–water partition coefficient (Wildman–Crippen LogP) is 0.353. The summed E-state index contributed by atoms with van der Waals surface area (Å²) >= 11 is 0. The summed E-state index contributed by atoms with van der Waals surface area (Å²) in [6.07, 6.45) is 0. The minimum absolute atomic E-state index is 0.620. The minimum Gasteiger partial charge on any atom is -0.507 e. The van der Waals surface area contributed by atoms with E-state index in [0.717, 1.165) is 0 Å². The molecule has 1 aromatic carbocycles. The highest BCUT2D eigenvalue weighted by molar-refractivity contribution is 5.95. The molecule has 0 spiro atoms. The summed E-state index contributed by atoms with van der Waals surface area (Å²) < 4.78 is 0. The lowest BCUT2D eigenvalue weighted by molar-refractivity contribution is -0.140. The predicted molar refractivity (Wildman–Crippen MR) is 41.7 cm³/mol. The summed E-state index contributed by atoms with van der Waals surface area (Å²) in [5.41, 5.74) is -0.869. The number of carbonyl (C=O) groups is 1. The molecule has 0 aliphatic rings. The van der Waals surface area contributed by atoms with Crippen LogP contribution < -0.4 is 4.89 Å². The van der Waals surface area contributed by atoms with Gasteiger partial charge in [0.2, 0.25) is 5.75 Å². The van der Waals surface area contributed by atoms with E-state index >= 15 is 0 Å². The fraction of sp³-hybridized carbons (Fsp3) is 0. The van der Waals surface area contributed by atoms with Crippen LogP contribution in [0.5, 0.6) is 23.0 Å². The van der Waals surface area contributed by atoms with Crippen LogP contribution in [0, 0.1) is 0 Å². The quantitative estimate of drug-likeness (QED) is 0.346. The molecule has 0 heterocycles. The molecule has 7 nitrogen and oxygen atoms in total. The zero-order chi connectivity index (χ0) is 10.9. The summed E-state index contributed by atoms with van der Waals surface area (Å²) in [6, 6.07) is 0.620. The highest BCUT2D eigenvalue weighted by atomic mass is 17.1. The maximum atomic E-state index is 10.5. The number of hydrogen-bond acceptors (Lipinski definition) is 6. The van der Waals surface area contributed by atoms with Gasteiger partial charge in [0.25, 0.3) is 0 Å². The van der Waals surface area contributed by atoms with Crippen LogP contribution in [0.3, 0.4) is 0 Å². The Labute approximate surface area is 77.0 Å². The van der Waals surface area contributed by atoms with Crippen LogP contribution in [0.25, 0.3) is 0 Å². The van der Waals surface area contributed by atoms with Gasteiger partial charge in [-0.3, -0.25) is 0 Å². The minimum atomic E-state index is -1.63. The average molecular weight is 202 g/mol. The van der Waals surface area contributed by atoms with E-state index in [1.54, 1.807) is 0 Å². The molecule has 0 aliphatic carbocycles. The zero-order valence-corrected chi connectivity index (χ0v) is 6.63. The lowest BCUT2D eigenvalue weighted by Gasteiger charge is -2.07. The van der Waals surface area contributed by atoms with Crippen molar-refractivity contribution in [3.05, 3.63) is 11.6 Å². The molecular formula is C7H6O7. The number of rotatable bonds is 2. The molecule has 1 rings (SSSR count). The average Bonchev–Trinajstić information content (AvgIpc) is 2.02. The molecule has 5 N–H and O–H groups in total. The van der Waals surface area contributed by atoms with Gasteiger partial charge in [0, 0.05) is 6.07 Å². The molecule has 0 saturated carbocycles. The fourth-order valence-corrected chi connectivity index (χ4v) is 0.924. The SMILES string of the molecule is O=C(O)c1c(O)cc(O)c(OO)c1O. The van der Waals surface area contributed by atoms with Crippen molar-refractivity contribution in [1.29, 1.82) is 0 Å². The van der Waals surface area contributed by atoms with Crippen molar-refractivity contribution in [1.82, 2.24) is 0 Å². The third-order valence-electron chi connectivity index (χ3n) is 1.52. The Balaban J connectivity index is 3.52. The van der Waals surface area contributed by atoms with E-state index in [0.29, 0.717) is 6.07 Å². The first kappa shape index (κ1) is 9.93. The van der Waals surface area contributed by atoms with E-state index < -0.39 is 34.5 Å². The molecule has 0 bridgehead atoms.